The van der Waals surface area contributed by atoms with Crippen molar-refractivity contribution >= 4 is 15.9 Å². The van der Waals surface area contributed by atoms with Gasteiger partial charge in [-0.3, -0.25) is 0 Å². The van der Waals surface area contributed by atoms with Gasteiger partial charge >= 0.3 is 0 Å². The maximum atomic E-state index is 9.36. The third-order valence-electron chi connectivity index (χ3n) is 1.58. The van der Waals surface area contributed by atoms with Crippen molar-refractivity contribution in [3.63, 3.8) is 0 Å². The SMILES string of the molecule is Oc1ccccc1CNCCBr. The van der Waals surface area contributed by atoms with Gasteiger partial charge in [0, 0.05) is 24.0 Å². The summed E-state index contributed by atoms with van der Waals surface area (Å²) in [6.45, 7) is 1.63. The minimum absolute atomic E-state index is 0.361. The number of phenolic OH excluding ortho intramolecular Hbond substituents is 1. The molecule has 0 spiro atoms. The van der Waals surface area contributed by atoms with Gasteiger partial charge < -0.3 is 10.4 Å². The van der Waals surface area contributed by atoms with E-state index in [0.29, 0.717) is 5.75 Å². The molecule has 0 aliphatic heterocycles. The highest BCUT2D eigenvalue weighted by molar-refractivity contribution is 9.09. The molecule has 1 aromatic rings. The van der Waals surface area contributed by atoms with Gasteiger partial charge in [-0.2, -0.15) is 0 Å². The average molecular weight is 230 g/mol. The molecule has 2 nitrogen and oxygen atoms in total. The van der Waals surface area contributed by atoms with E-state index in [1.165, 1.54) is 0 Å². The van der Waals surface area contributed by atoms with Crippen molar-refractivity contribution < 1.29 is 5.11 Å². The molecule has 12 heavy (non-hydrogen) atoms. The molecule has 0 amide bonds. The lowest BCUT2D eigenvalue weighted by Gasteiger charge is -2.04. The highest BCUT2D eigenvalue weighted by Gasteiger charge is 1.96. The third kappa shape index (κ3) is 2.83. The summed E-state index contributed by atoms with van der Waals surface area (Å²) >= 11 is 3.32. The van der Waals surface area contributed by atoms with E-state index in [1.54, 1.807) is 6.07 Å². The summed E-state index contributed by atoms with van der Waals surface area (Å²) in [5.41, 5.74) is 0.943. The van der Waals surface area contributed by atoms with Crippen LogP contribution >= 0.6 is 15.9 Å². The van der Waals surface area contributed by atoms with Crippen molar-refractivity contribution in [2.24, 2.45) is 0 Å². The highest BCUT2D eigenvalue weighted by Crippen LogP contribution is 2.14. The maximum absolute atomic E-state index is 9.36. The molecule has 0 radical (unpaired) electrons. The standard InChI is InChI=1S/C9H12BrNO/c10-5-6-11-7-8-3-1-2-4-9(8)12/h1-4,11-12H,5-7H2. The summed E-state index contributed by atoms with van der Waals surface area (Å²) in [5, 5.41) is 13.5. The second-order valence-electron chi connectivity index (χ2n) is 2.49. The normalized spacial score (nSPS) is 10.1. The van der Waals surface area contributed by atoms with Crippen molar-refractivity contribution in [2.75, 3.05) is 11.9 Å². The molecular weight excluding hydrogens is 218 g/mol. The fourth-order valence-corrected chi connectivity index (χ4v) is 1.23. The number of rotatable bonds is 4. The molecule has 0 aliphatic rings. The Bertz CT molecular complexity index is 240. The van der Waals surface area contributed by atoms with Gasteiger partial charge in [-0.15, -0.1) is 0 Å². The zero-order chi connectivity index (χ0) is 8.81. The zero-order valence-corrected chi connectivity index (χ0v) is 8.34. The minimum atomic E-state index is 0.361. The number of benzene rings is 1. The van der Waals surface area contributed by atoms with Crippen LogP contribution in [0.4, 0.5) is 0 Å². The summed E-state index contributed by atoms with van der Waals surface area (Å²) in [5.74, 6) is 0.361. The zero-order valence-electron chi connectivity index (χ0n) is 6.76. The van der Waals surface area contributed by atoms with Crippen LogP contribution < -0.4 is 5.32 Å². The van der Waals surface area contributed by atoms with Gasteiger partial charge in [-0.05, 0) is 6.07 Å². The molecule has 0 aromatic heterocycles. The van der Waals surface area contributed by atoms with E-state index in [9.17, 15) is 5.11 Å². The van der Waals surface area contributed by atoms with Crippen LogP contribution in [0.3, 0.4) is 0 Å². The maximum Gasteiger partial charge on any atom is 0.120 e. The molecule has 0 unspecified atom stereocenters. The molecule has 66 valence electrons. The van der Waals surface area contributed by atoms with Crippen molar-refractivity contribution in [2.45, 2.75) is 6.54 Å². The lowest BCUT2D eigenvalue weighted by atomic mass is 10.2. The smallest absolute Gasteiger partial charge is 0.120 e. The van der Waals surface area contributed by atoms with Crippen LogP contribution in [0.5, 0.6) is 5.75 Å². The Hall–Kier alpha value is -0.540. The van der Waals surface area contributed by atoms with E-state index >= 15 is 0 Å². The Balaban J connectivity index is 2.46. The Labute approximate surface area is 80.7 Å². The Morgan fingerprint density at radius 2 is 2.08 bits per heavy atom. The predicted molar refractivity (Wildman–Crippen MR) is 53.6 cm³/mol. The number of nitrogens with one attached hydrogen (secondary N) is 1. The van der Waals surface area contributed by atoms with E-state index in [4.69, 9.17) is 0 Å². The molecule has 0 saturated carbocycles. The van der Waals surface area contributed by atoms with E-state index in [2.05, 4.69) is 21.2 Å². The highest BCUT2D eigenvalue weighted by atomic mass is 79.9. The van der Waals surface area contributed by atoms with E-state index in [1.807, 2.05) is 18.2 Å². The first-order valence-electron chi connectivity index (χ1n) is 3.88. The lowest BCUT2D eigenvalue weighted by Crippen LogP contribution is -2.15. The van der Waals surface area contributed by atoms with Crippen LogP contribution in [-0.2, 0) is 6.54 Å². The molecule has 1 rings (SSSR count). The van der Waals surface area contributed by atoms with E-state index < -0.39 is 0 Å². The molecule has 0 heterocycles. The number of hydrogen-bond donors (Lipinski definition) is 2. The molecular formula is C9H12BrNO. The average Bonchev–Trinajstić information content (AvgIpc) is 2.09. The van der Waals surface area contributed by atoms with Crippen LogP contribution in [0, 0.1) is 0 Å². The molecule has 0 saturated heterocycles. The second kappa shape index (κ2) is 5.17. The lowest BCUT2D eigenvalue weighted by molar-refractivity contribution is 0.465. The first-order valence-corrected chi connectivity index (χ1v) is 5.00. The van der Waals surface area contributed by atoms with Gasteiger partial charge in [-0.25, -0.2) is 0 Å². The van der Waals surface area contributed by atoms with Crippen LogP contribution in [0.2, 0.25) is 0 Å². The van der Waals surface area contributed by atoms with Gasteiger partial charge in [0.25, 0.3) is 0 Å². The summed E-state index contributed by atoms with van der Waals surface area (Å²) in [4.78, 5) is 0. The van der Waals surface area contributed by atoms with Crippen molar-refractivity contribution in [1.82, 2.24) is 5.32 Å². The monoisotopic (exact) mass is 229 g/mol. The fourth-order valence-electron chi connectivity index (χ4n) is 0.950. The van der Waals surface area contributed by atoms with Crippen LogP contribution in [0.15, 0.2) is 24.3 Å². The molecule has 2 N–H and O–H groups in total. The van der Waals surface area contributed by atoms with E-state index in [-0.39, 0.29) is 0 Å². The van der Waals surface area contributed by atoms with Gasteiger partial charge in [-0.1, -0.05) is 34.1 Å². The topological polar surface area (TPSA) is 32.3 Å². The molecule has 0 bridgehead atoms. The van der Waals surface area contributed by atoms with Crippen molar-refractivity contribution in [1.29, 1.82) is 0 Å². The second-order valence-corrected chi connectivity index (χ2v) is 3.29. The number of para-hydroxylation sites is 1. The molecule has 3 heteroatoms. The number of halogens is 1. The minimum Gasteiger partial charge on any atom is -0.508 e. The van der Waals surface area contributed by atoms with Gasteiger partial charge in [0.05, 0.1) is 0 Å². The molecule has 0 atom stereocenters. The van der Waals surface area contributed by atoms with Crippen molar-refractivity contribution in [3.8, 4) is 5.75 Å². The summed E-state index contributed by atoms with van der Waals surface area (Å²) in [6, 6.07) is 7.36. The summed E-state index contributed by atoms with van der Waals surface area (Å²) in [7, 11) is 0. The van der Waals surface area contributed by atoms with Crippen LogP contribution in [-0.4, -0.2) is 17.0 Å². The predicted octanol–water partition coefficient (Wildman–Crippen LogP) is 1.88. The number of phenols is 1. The Kier molecular flexibility index (Phi) is 4.11. The number of alkyl halides is 1. The van der Waals surface area contributed by atoms with Gasteiger partial charge in [0.15, 0.2) is 0 Å². The largest absolute Gasteiger partial charge is 0.508 e. The number of aromatic hydroxyl groups is 1. The summed E-state index contributed by atoms with van der Waals surface area (Å²) in [6.07, 6.45) is 0. The van der Waals surface area contributed by atoms with Crippen LogP contribution in [0.1, 0.15) is 5.56 Å². The Morgan fingerprint density at radius 1 is 1.33 bits per heavy atom. The quantitative estimate of drug-likeness (QED) is 0.611. The van der Waals surface area contributed by atoms with E-state index in [0.717, 1.165) is 24.0 Å². The van der Waals surface area contributed by atoms with Gasteiger partial charge in [0.1, 0.15) is 5.75 Å². The van der Waals surface area contributed by atoms with Crippen molar-refractivity contribution in [3.05, 3.63) is 29.8 Å². The first-order chi connectivity index (χ1) is 5.84. The summed E-state index contributed by atoms with van der Waals surface area (Å²) < 4.78 is 0. The van der Waals surface area contributed by atoms with Gasteiger partial charge in [0.2, 0.25) is 0 Å². The molecule has 0 fully saturated rings. The number of hydrogen-bond acceptors (Lipinski definition) is 2. The molecule has 1 aromatic carbocycles. The Morgan fingerprint density at radius 3 is 2.75 bits per heavy atom. The first kappa shape index (κ1) is 9.55. The molecule has 0 aliphatic carbocycles. The third-order valence-corrected chi connectivity index (χ3v) is 1.97. The fraction of sp³-hybridized carbons (Fsp3) is 0.333. The van der Waals surface area contributed by atoms with Crippen LogP contribution in [0.25, 0.3) is 0 Å².